The number of rotatable bonds is 1. The number of ether oxygens (including phenoxy) is 1. The SMILES string of the molecule is C#Cc1ccc(C#C)c(C(=O)OC(C)(C)C)c1. The van der Waals surface area contributed by atoms with Gasteiger partial charge in [-0.3, -0.25) is 0 Å². The third-order valence-electron chi connectivity index (χ3n) is 1.96. The highest BCUT2D eigenvalue weighted by atomic mass is 16.6. The molecule has 0 N–H and O–H groups in total. The van der Waals surface area contributed by atoms with Crippen LogP contribution in [0.5, 0.6) is 0 Å². The smallest absolute Gasteiger partial charge is 0.339 e. The first-order chi connectivity index (χ1) is 7.87. The van der Waals surface area contributed by atoms with E-state index in [0.717, 1.165) is 0 Å². The van der Waals surface area contributed by atoms with Crippen molar-refractivity contribution < 1.29 is 9.53 Å². The number of hydrogen-bond donors (Lipinski definition) is 0. The van der Waals surface area contributed by atoms with Gasteiger partial charge in [-0.05, 0) is 39.0 Å². The lowest BCUT2D eigenvalue weighted by Gasteiger charge is -2.20. The maximum Gasteiger partial charge on any atom is 0.339 e. The standard InChI is InChI=1S/C15H14O2/c1-6-11-8-9-12(7-2)13(10-11)14(16)17-15(3,4)5/h1-2,8-10H,3-5H3. The van der Waals surface area contributed by atoms with E-state index in [-0.39, 0.29) is 0 Å². The molecule has 0 amide bonds. The Bertz CT molecular complexity index is 519. The zero-order valence-corrected chi connectivity index (χ0v) is 10.2. The van der Waals surface area contributed by atoms with Crippen LogP contribution < -0.4 is 0 Å². The minimum Gasteiger partial charge on any atom is -0.456 e. The molecule has 2 nitrogen and oxygen atoms in total. The fourth-order valence-electron chi connectivity index (χ4n) is 1.26. The Balaban J connectivity index is 3.17. The Hall–Kier alpha value is -2.19. The first-order valence-electron chi connectivity index (χ1n) is 5.18. The molecule has 0 radical (unpaired) electrons. The number of esters is 1. The van der Waals surface area contributed by atoms with Crippen LogP contribution in [0.2, 0.25) is 0 Å². The van der Waals surface area contributed by atoms with Gasteiger partial charge in [0, 0.05) is 11.1 Å². The van der Waals surface area contributed by atoms with Crippen LogP contribution in [-0.2, 0) is 4.74 Å². The predicted octanol–water partition coefficient (Wildman–Crippen LogP) is 2.60. The van der Waals surface area contributed by atoms with Crippen LogP contribution in [0.1, 0.15) is 42.3 Å². The van der Waals surface area contributed by atoms with Gasteiger partial charge in [0.05, 0.1) is 5.56 Å². The summed E-state index contributed by atoms with van der Waals surface area (Å²) in [5, 5.41) is 0. The lowest BCUT2D eigenvalue weighted by Crippen LogP contribution is -2.24. The van der Waals surface area contributed by atoms with Crippen LogP contribution in [0.25, 0.3) is 0 Å². The van der Waals surface area contributed by atoms with Gasteiger partial charge in [0.2, 0.25) is 0 Å². The van der Waals surface area contributed by atoms with Crippen molar-refractivity contribution in [2.24, 2.45) is 0 Å². The summed E-state index contributed by atoms with van der Waals surface area (Å²) >= 11 is 0. The molecular formula is C15H14O2. The fourth-order valence-corrected chi connectivity index (χ4v) is 1.26. The Labute approximate surface area is 102 Å². The largest absolute Gasteiger partial charge is 0.456 e. The molecule has 0 fully saturated rings. The van der Waals surface area contributed by atoms with E-state index in [1.807, 2.05) is 0 Å². The molecule has 0 saturated heterocycles. The van der Waals surface area contributed by atoms with E-state index in [1.165, 1.54) is 0 Å². The third-order valence-corrected chi connectivity index (χ3v) is 1.96. The van der Waals surface area contributed by atoms with Crippen LogP contribution in [0.3, 0.4) is 0 Å². The number of benzene rings is 1. The Kier molecular flexibility index (Phi) is 3.61. The van der Waals surface area contributed by atoms with Gasteiger partial charge in [0.25, 0.3) is 0 Å². The molecule has 0 aromatic heterocycles. The molecule has 17 heavy (non-hydrogen) atoms. The average molecular weight is 226 g/mol. The molecular weight excluding hydrogens is 212 g/mol. The second kappa shape index (κ2) is 4.76. The van der Waals surface area contributed by atoms with E-state index in [1.54, 1.807) is 39.0 Å². The van der Waals surface area contributed by atoms with Gasteiger partial charge in [-0.15, -0.1) is 12.8 Å². The van der Waals surface area contributed by atoms with Crippen LogP contribution in [0, 0.1) is 24.7 Å². The van der Waals surface area contributed by atoms with Crippen molar-refractivity contribution >= 4 is 5.97 Å². The van der Waals surface area contributed by atoms with Crippen molar-refractivity contribution in [2.45, 2.75) is 26.4 Å². The van der Waals surface area contributed by atoms with Crippen LogP contribution in [0.15, 0.2) is 18.2 Å². The minimum absolute atomic E-state index is 0.331. The summed E-state index contributed by atoms with van der Waals surface area (Å²) in [5.74, 6) is 4.45. The number of carbonyl (C=O) groups is 1. The minimum atomic E-state index is -0.560. The van der Waals surface area contributed by atoms with Gasteiger partial charge in [-0.1, -0.05) is 11.8 Å². The van der Waals surface area contributed by atoms with Crippen molar-refractivity contribution in [3.05, 3.63) is 34.9 Å². The van der Waals surface area contributed by atoms with E-state index >= 15 is 0 Å². The van der Waals surface area contributed by atoms with Gasteiger partial charge < -0.3 is 4.74 Å². The summed E-state index contributed by atoms with van der Waals surface area (Å²) in [6.45, 7) is 5.39. The Morgan fingerprint density at radius 2 is 1.88 bits per heavy atom. The lowest BCUT2D eigenvalue weighted by atomic mass is 10.0. The average Bonchev–Trinajstić information content (AvgIpc) is 2.25. The van der Waals surface area contributed by atoms with Gasteiger partial charge in [-0.2, -0.15) is 0 Å². The predicted molar refractivity (Wildman–Crippen MR) is 67.5 cm³/mol. The van der Waals surface area contributed by atoms with Crippen LogP contribution in [-0.4, -0.2) is 11.6 Å². The molecule has 0 unspecified atom stereocenters. The highest BCUT2D eigenvalue weighted by Crippen LogP contribution is 2.16. The molecule has 2 heteroatoms. The summed E-state index contributed by atoms with van der Waals surface area (Å²) < 4.78 is 5.26. The summed E-state index contributed by atoms with van der Waals surface area (Å²) in [7, 11) is 0. The molecule has 0 saturated carbocycles. The molecule has 0 atom stereocenters. The number of terminal acetylenes is 2. The molecule has 86 valence electrons. The second-order valence-electron chi connectivity index (χ2n) is 4.55. The highest BCUT2D eigenvalue weighted by molar-refractivity contribution is 5.93. The number of hydrogen-bond acceptors (Lipinski definition) is 2. The first kappa shape index (κ1) is 12.9. The third kappa shape index (κ3) is 3.40. The molecule has 1 aromatic carbocycles. The Morgan fingerprint density at radius 3 is 2.35 bits per heavy atom. The molecule has 1 aromatic rings. The zero-order chi connectivity index (χ0) is 13.1. The molecule has 0 bridgehead atoms. The van der Waals surface area contributed by atoms with E-state index in [0.29, 0.717) is 16.7 Å². The van der Waals surface area contributed by atoms with Crippen molar-refractivity contribution in [2.75, 3.05) is 0 Å². The molecule has 0 spiro atoms. The highest BCUT2D eigenvalue weighted by Gasteiger charge is 2.20. The monoisotopic (exact) mass is 226 g/mol. The maximum absolute atomic E-state index is 11.9. The summed E-state index contributed by atoms with van der Waals surface area (Å²) in [5.41, 5.74) is 0.857. The second-order valence-corrected chi connectivity index (χ2v) is 4.55. The van der Waals surface area contributed by atoms with E-state index in [9.17, 15) is 4.79 Å². The number of carbonyl (C=O) groups excluding carboxylic acids is 1. The zero-order valence-electron chi connectivity index (χ0n) is 10.2. The maximum atomic E-state index is 11.9. The van der Waals surface area contributed by atoms with Crippen molar-refractivity contribution in [1.82, 2.24) is 0 Å². The summed E-state index contributed by atoms with van der Waals surface area (Å²) in [6.07, 6.45) is 10.6. The molecule has 0 aliphatic rings. The van der Waals surface area contributed by atoms with E-state index < -0.39 is 11.6 Å². The van der Waals surface area contributed by atoms with Crippen molar-refractivity contribution in [3.8, 4) is 24.7 Å². The van der Waals surface area contributed by atoms with Crippen molar-refractivity contribution in [1.29, 1.82) is 0 Å². The van der Waals surface area contributed by atoms with Gasteiger partial charge in [0.1, 0.15) is 5.60 Å². The quantitative estimate of drug-likeness (QED) is 0.543. The van der Waals surface area contributed by atoms with Crippen LogP contribution in [0.4, 0.5) is 0 Å². The topological polar surface area (TPSA) is 26.3 Å². The first-order valence-corrected chi connectivity index (χ1v) is 5.18. The summed E-state index contributed by atoms with van der Waals surface area (Å²) in [6, 6.07) is 4.92. The summed E-state index contributed by atoms with van der Waals surface area (Å²) in [4.78, 5) is 11.9. The molecule has 0 aliphatic carbocycles. The van der Waals surface area contributed by atoms with Crippen molar-refractivity contribution in [3.63, 3.8) is 0 Å². The Morgan fingerprint density at radius 1 is 1.24 bits per heavy atom. The van der Waals surface area contributed by atoms with Crippen LogP contribution >= 0.6 is 0 Å². The van der Waals surface area contributed by atoms with Gasteiger partial charge in [0.15, 0.2) is 0 Å². The lowest BCUT2D eigenvalue weighted by molar-refractivity contribution is 0.00692. The fraction of sp³-hybridized carbons (Fsp3) is 0.267. The van der Waals surface area contributed by atoms with E-state index in [4.69, 9.17) is 17.6 Å². The van der Waals surface area contributed by atoms with Gasteiger partial charge >= 0.3 is 5.97 Å². The van der Waals surface area contributed by atoms with Gasteiger partial charge in [-0.25, -0.2) is 4.79 Å². The van der Waals surface area contributed by atoms with E-state index in [2.05, 4.69) is 11.8 Å². The normalized spacial score (nSPS) is 10.2. The molecule has 0 heterocycles. The molecule has 0 aliphatic heterocycles. The molecule has 1 rings (SSSR count).